The molecule has 0 fully saturated rings. The number of H-pyrrole nitrogens is 2. The average molecular weight is 871 g/mol. The molecule has 6 N–H and O–H groups in total. The highest BCUT2D eigenvalue weighted by Crippen LogP contribution is 2.39. The highest BCUT2D eigenvalue weighted by atomic mass is 32.2. The van der Waals surface area contributed by atoms with E-state index in [4.69, 9.17) is 9.97 Å². The lowest BCUT2D eigenvalue weighted by Gasteiger charge is -2.08. The number of aromatic amines is 2. The summed E-state index contributed by atoms with van der Waals surface area (Å²) in [7, 11) is -13.5. The predicted molar refractivity (Wildman–Crippen MR) is 232 cm³/mol. The Bertz CT molecular complexity index is 3450. The highest BCUT2D eigenvalue weighted by Gasteiger charge is 2.21. The molecule has 5 heterocycles. The summed E-state index contributed by atoms with van der Waals surface area (Å²) in [5.74, 6) is 0.0555. The maximum Gasteiger partial charge on any atom is 0.294 e. The summed E-state index contributed by atoms with van der Waals surface area (Å²) in [6, 6.07) is 30.8. The number of nitrogens with zero attached hydrogens (tertiary/aromatic N) is 2. The summed E-state index contributed by atoms with van der Waals surface area (Å²) in [4.78, 5) is 16.3. The van der Waals surface area contributed by atoms with E-state index >= 15 is 0 Å². The van der Waals surface area contributed by atoms with Crippen molar-refractivity contribution in [3.8, 4) is 50.3 Å². The second kappa shape index (κ2) is 14.6. The number of phenolic OH excluding ortho intramolecular Hbond substituents is 1. The number of hydrogen-bond donors (Lipinski definition) is 6. The van der Waals surface area contributed by atoms with Gasteiger partial charge in [-0.05, 0) is 119 Å². The van der Waals surface area contributed by atoms with Gasteiger partial charge >= 0.3 is 0 Å². The van der Waals surface area contributed by atoms with Crippen molar-refractivity contribution < 1.29 is 44.0 Å². The number of aromatic nitrogens is 4. The number of phenols is 1. The maximum atomic E-state index is 12.0. The molecule has 0 amide bonds. The molecule has 7 aromatic rings. The molecule has 2 aliphatic heterocycles. The third-order valence-corrected chi connectivity index (χ3v) is 12.8. The monoisotopic (exact) mass is 870 g/mol. The zero-order chi connectivity index (χ0) is 42.8. The van der Waals surface area contributed by atoms with Crippen molar-refractivity contribution in [3.05, 3.63) is 144 Å². The van der Waals surface area contributed by atoms with E-state index < -0.39 is 30.4 Å². The zero-order valence-corrected chi connectivity index (χ0v) is 33.7. The summed E-state index contributed by atoms with van der Waals surface area (Å²) < 4.78 is 101. The predicted octanol–water partition coefficient (Wildman–Crippen LogP) is 8.77. The lowest BCUT2D eigenvalue weighted by molar-refractivity contribution is 0.475. The van der Waals surface area contributed by atoms with Gasteiger partial charge in [-0.25, -0.2) is 9.97 Å². The fourth-order valence-electron chi connectivity index (χ4n) is 7.43. The fourth-order valence-corrected chi connectivity index (χ4v) is 8.87. The van der Waals surface area contributed by atoms with Crippen LogP contribution in [0, 0.1) is 0 Å². The molecule has 0 unspecified atom stereocenters. The molecule has 3 aromatic heterocycles. The van der Waals surface area contributed by atoms with Crippen LogP contribution in [0.3, 0.4) is 0 Å². The van der Waals surface area contributed by atoms with Crippen molar-refractivity contribution in [2.24, 2.45) is 0 Å². The van der Waals surface area contributed by atoms with Crippen molar-refractivity contribution >= 4 is 76.7 Å². The minimum absolute atomic E-state index is 0.0555. The van der Waals surface area contributed by atoms with Gasteiger partial charge in [0.1, 0.15) is 5.75 Å². The largest absolute Gasteiger partial charge is 0.508 e. The number of aromatic hydroxyl groups is 1. The summed E-state index contributed by atoms with van der Waals surface area (Å²) in [6.45, 7) is 0. The van der Waals surface area contributed by atoms with Crippen LogP contribution in [0.4, 0.5) is 0 Å². The van der Waals surface area contributed by atoms with Gasteiger partial charge in [-0.15, -0.1) is 0 Å². The van der Waals surface area contributed by atoms with Gasteiger partial charge in [0, 0.05) is 44.3 Å². The van der Waals surface area contributed by atoms with E-state index in [0.717, 1.165) is 0 Å². The topological polar surface area (TPSA) is 241 Å². The third kappa shape index (κ3) is 7.57. The van der Waals surface area contributed by atoms with Gasteiger partial charge in [-0.2, -0.15) is 25.3 Å². The van der Waals surface area contributed by atoms with Gasteiger partial charge in [0.05, 0.1) is 37.5 Å². The van der Waals surface area contributed by atoms with E-state index in [1.807, 2.05) is 24.3 Å². The van der Waals surface area contributed by atoms with Crippen molar-refractivity contribution in [1.29, 1.82) is 0 Å². The molecular formula is C44H30N4O10S3. The quantitative estimate of drug-likeness (QED) is 0.0824. The fraction of sp³-hybridized carbons (Fsp3) is 0. The van der Waals surface area contributed by atoms with E-state index in [-0.39, 0.29) is 20.4 Å². The average Bonchev–Trinajstić information content (AvgIpc) is 4.06. The number of benzene rings is 4. The lowest BCUT2D eigenvalue weighted by Crippen LogP contribution is -1.97. The van der Waals surface area contributed by atoms with E-state index in [2.05, 4.69) is 9.97 Å². The van der Waals surface area contributed by atoms with Gasteiger partial charge in [0.15, 0.2) is 0 Å². The van der Waals surface area contributed by atoms with Crippen LogP contribution in [0.15, 0.2) is 136 Å². The maximum absolute atomic E-state index is 12.0. The van der Waals surface area contributed by atoms with Crippen molar-refractivity contribution in [1.82, 2.24) is 19.9 Å². The van der Waals surface area contributed by atoms with Crippen LogP contribution in [0.5, 0.6) is 5.75 Å². The number of rotatable bonds is 7. The molecule has 0 aliphatic carbocycles. The first-order valence-electron chi connectivity index (χ1n) is 18.2. The van der Waals surface area contributed by atoms with Crippen LogP contribution in [-0.2, 0) is 30.4 Å². The van der Waals surface area contributed by atoms with E-state index in [9.17, 15) is 44.0 Å². The first kappa shape index (κ1) is 39.5. The van der Waals surface area contributed by atoms with E-state index in [0.29, 0.717) is 89.4 Å². The molecule has 8 bridgehead atoms. The zero-order valence-electron chi connectivity index (χ0n) is 31.2. The molecule has 0 atom stereocenters. The first-order valence-corrected chi connectivity index (χ1v) is 22.5. The first-order chi connectivity index (χ1) is 29.0. The van der Waals surface area contributed by atoms with Crippen LogP contribution in [-0.4, -0.2) is 64.0 Å². The Morgan fingerprint density at radius 2 is 0.574 bits per heavy atom. The normalized spacial score (nSPS) is 12.8. The van der Waals surface area contributed by atoms with Gasteiger partial charge in [-0.1, -0.05) is 48.5 Å². The second-order valence-electron chi connectivity index (χ2n) is 14.0. The second-order valence-corrected chi connectivity index (χ2v) is 18.3. The van der Waals surface area contributed by atoms with Gasteiger partial charge < -0.3 is 15.1 Å². The van der Waals surface area contributed by atoms with Crippen molar-refractivity contribution in [2.75, 3.05) is 0 Å². The lowest BCUT2D eigenvalue weighted by atomic mass is 10.0. The molecule has 61 heavy (non-hydrogen) atoms. The van der Waals surface area contributed by atoms with Gasteiger partial charge in [-0.3, -0.25) is 13.7 Å². The molecule has 2 aliphatic rings. The molecular weight excluding hydrogens is 841 g/mol. The number of nitrogens with one attached hydrogen (secondary N) is 2. The molecule has 304 valence electrons. The van der Waals surface area contributed by atoms with E-state index in [1.165, 1.54) is 48.5 Å². The SMILES string of the molecule is O=S(=O)(O)c1ccc(-c2c3nc(c(-c4ccc(S(=O)(=O)O)cc4)c4ccc([nH]4)c(-c4ccc(S(=O)(=O)O)cc4)c4nc(c(-c5ccc(O)cc5)c5ccc2[nH]5)C=C4)C=C3)cc1. The minimum Gasteiger partial charge on any atom is -0.508 e. The van der Waals surface area contributed by atoms with Gasteiger partial charge in [0.2, 0.25) is 0 Å². The molecule has 14 nitrogen and oxygen atoms in total. The molecule has 0 radical (unpaired) electrons. The smallest absolute Gasteiger partial charge is 0.294 e. The van der Waals surface area contributed by atoms with Crippen LogP contribution in [0.25, 0.3) is 90.9 Å². The Kier molecular flexibility index (Phi) is 9.46. The van der Waals surface area contributed by atoms with Crippen molar-refractivity contribution in [3.63, 3.8) is 0 Å². The van der Waals surface area contributed by atoms with Crippen molar-refractivity contribution in [2.45, 2.75) is 14.7 Å². The number of hydrogen-bond acceptors (Lipinski definition) is 9. The Morgan fingerprint density at radius 1 is 0.344 bits per heavy atom. The van der Waals surface area contributed by atoms with Crippen LogP contribution in [0.1, 0.15) is 22.8 Å². The molecule has 4 aromatic carbocycles. The van der Waals surface area contributed by atoms with Gasteiger partial charge in [0.25, 0.3) is 30.4 Å². The van der Waals surface area contributed by atoms with Crippen LogP contribution >= 0.6 is 0 Å². The number of fused-ring (bicyclic) bond motifs is 8. The highest BCUT2D eigenvalue weighted by molar-refractivity contribution is 7.86. The summed E-state index contributed by atoms with van der Waals surface area (Å²) in [5.41, 5.74) is 8.79. The molecule has 0 saturated carbocycles. The Morgan fingerprint density at radius 3 is 0.803 bits per heavy atom. The summed E-state index contributed by atoms with van der Waals surface area (Å²) in [6.07, 6.45) is 7.18. The third-order valence-electron chi connectivity index (χ3n) is 10.2. The Balaban J connectivity index is 1.44. The molecule has 9 rings (SSSR count). The standard InChI is InChI=1S/C44H30N4O10S3/c49-29-9-1-25(2-10-29)41-33-17-19-35(45-33)42(26-3-11-30(12-4-26)59(50,51)52)37-21-23-39(47-37)44(28-7-15-32(16-8-28)61(56,57)58)40-24-22-38(48-40)43(36-20-18-34(41)46-36)27-5-13-31(14-6-27)60(53,54)55/h1-24,45,48-49H,(H,50,51,52)(H,53,54,55)(H,56,57,58). The Hall–Kier alpha value is -6.99. The summed E-state index contributed by atoms with van der Waals surface area (Å²) in [5, 5.41) is 10.2. The molecule has 0 saturated heterocycles. The molecule has 17 heteroatoms. The summed E-state index contributed by atoms with van der Waals surface area (Å²) >= 11 is 0. The minimum atomic E-state index is -4.52. The van der Waals surface area contributed by atoms with E-state index in [1.54, 1.807) is 72.8 Å². The van der Waals surface area contributed by atoms with Crippen LogP contribution < -0.4 is 0 Å². The van der Waals surface area contributed by atoms with Crippen LogP contribution in [0.2, 0.25) is 0 Å². The molecule has 0 spiro atoms. The Labute approximate surface area is 348 Å².